The smallest absolute Gasteiger partial charge is 0.274 e. The number of carbonyl (C=O) groups is 1. The minimum Gasteiger partial charge on any atom is -0.395 e. The predicted molar refractivity (Wildman–Crippen MR) is 75.8 cm³/mol. The number of nitrogens with zero attached hydrogens (tertiary/aromatic N) is 3. The van der Waals surface area contributed by atoms with Crippen LogP contribution in [0.15, 0.2) is 0 Å². The van der Waals surface area contributed by atoms with Crippen LogP contribution >= 0.6 is 0 Å². The second-order valence-corrected chi connectivity index (χ2v) is 5.99. The molecule has 0 spiro atoms. The molecule has 0 bridgehead atoms. The maximum absolute atomic E-state index is 12.7. The lowest BCUT2D eigenvalue weighted by Gasteiger charge is -2.41. The first-order chi connectivity index (χ1) is 8.82. The lowest BCUT2D eigenvalue weighted by molar-refractivity contribution is 0.0446. The number of nitrogen functional groups attached to an aromatic ring is 1. The number of anilines is 1. The Labute approximate surface area is 114 Å². The van der Waals surface area contributed by atoms with Crippen LogP contribution in [0.1, 0.15) is 43.4 Å². The Morgan fingerprint density at radius 2 is 2.00 bits per heavy atom. The monoisotopic (exact) mass is 264 g/mol. The summed E-state index contributed by atoms with van der Waals surface area (Å²) in [7, 11) is 1.78. The first-order valence-corrected chi connectivity index (χ1v) is 6.93. The van der Waals surface area contributed by atoms with Crippen molar-refractivity contribution in [1.29, 1.82) is 0 Å². The number of aromatic nitrogens is 2. The summed E-state index contributed by atoms with van der Waals surface area (Å²) >= 11 is 0. The quantitative estimate of drug-likeness (QED) is 0.841. The summed E-state index contributed by atoms with van der Waals surface area (Å²) in [6.07, 6.45) is 1.17. The van der Waals surface area contributed by atoms with Gasteiger partial charge in [0.15, 0.2) is 0 Å². The van der Waals surface area contributed by atoms with Gasteiger partial charge in [0.25, 0.3) is 5.91 Å². The van der Waals surface area contributed by atoms with E-state index in [1.165, 1.54) is 6.42 Å². The van der Waals surface area contributed by atoms with E-state index in [1.807, 2.05) is 11.8 Å². The molecule has 1 saturated heterocycles. The van der Waals surface area contributed by atoms with Crippen LogP contribution in [0, 0.1) is 18.8 Å². The van der Waals surface area contributed by atoms with Crippen molar-refractivity contribution >= 4 is 11.6 Å². The van der Waals surface area contributed by atoms with Crippen LogP contribution in [0.5, 0.6) is 0 Å². The fraction of sp³-hybridized carbons (Fsp3) is 0.714. The molecule has 0 saturated carbocycles. The highest BCUT2D eigenvalue weighted by molar-refractivity contribution is 5.98. The number of carbonyl (C=O) groups excluding carboxylic acids is 1. The lowest BCUT2D eigenvalue weighted by Crippen LogP contribution is -2.49. The number of rotatable bonds is 1. The molecule has 2 rings (SSSR count). The number of amides is 1. The van der Waals surface area contributed by atoms with E-state index in [2.05, 4.69) is 25.9 Å². The van der Waals surface area contributed by atoms with Gasteiger partial charge >= 0.3 is 0 Å². The van der Waals surface area contributed by atoms with Crippen molar-refractivity contribution in [1.82, 2.24) is 14.7 Å². The summed E-state index contributed by atoms with van der Waals surface area (Å²) in [5, 5.41) is 4.23. The van der Waals surface area contributed by atoms with E-state index in [9.17, 15) is 4.79 Å². The molecule has 0 radical (unpaired) electrons. The van der Waals surface area contributed by atoms with E-state index in [1.54, 1.807) is 11.7 Å². The zero-order valence-electron chi connectivity index (χ0n) is 12.5. The van der Waals surface area contributed by atoms with Crippen LogP contribution in [0.4, 0.5) is 5.69 Å². The zero-order chi connectivity index (χ0) is 14.3. The lowest BCUT2D eigenvalue weighted by atomic mass is 9.86. The third-order valence-corrected chi connectivity index (χ3v) is 4.33. The summed E-state index contributed by atoms with van der Waals surface area (Å²) in [4.78, 5) is 14.7. The summed E-state index contributed by atoms with van der Waals surface area (Å²) in [5.74, 6) is 1.06. The molecule has 106 valence electrons. The van der Waals surface area contributed by atoms with Gasteiger partial charge in [0.1, 0.15) is 5.69 Å². The van der Waals surface area contributed by atoms with Gasteiger partial charge in [-0.25, -0.2) is 0 Å². The number of aryl methyl sites for hydroxylation is 2. The molecular weight excluding hydrogens is 240 g/mol. The Hall–Kier alpha value is -1.52. The fourth-order valence-electron chi connectivity index (χ4n) is 3.05. The second-order valence-electron chi connectivity index (χ2n) is 5.99. The number of piperidine rings is 1. The highest BCUT2D eigenvalue weighted by Gasteiger charge is 2.34. The van der Waals surface area contributed by atoms with E-state index in [-0.39, 0.29) is 11.9 Å². The van der Waals surface area contributed by atoms with Crippen molar-refractivity contribution in [3.05, 3.63) is 11.4 Å². The Balaban J connectivity index is 2.32. The van der Waals surface area contributed by atoms with Gasteiger partial charge < -0.3 is 10.6 Å². The summed E-state index contributed by atoms with van der Waals surface area (Å²) in [6, 6.07) is 0.248. The molecule has 1 aliphatic rings. The summed E-state index contributed by atoms with van der Waals surface area (Å²) in [6.45, 7) is 9.15. The minimum atomic E-state index is 0.00602. The molecule has 1 aliphatic heterocycles. The number of nitrogens with two attached hydrogens (primary N) is 1. The van der Waals surface area contributed by atoms with Gasteiger partial charge in [-0.05, 0) is 32.1 Å². The topological polar surface area (TPSA) is 64.2 Å². The molecule has 3 unspecified atom stereocenters. The maximum atomic E-state index is 12.7. The Bertz CT molecular complexity index is 494. The van der Waals surface area contributed by atoms with Crippen molar-refractivity contribution in [2.24, 2.45) is 18.9 Å². The van der Waals surface area contributed by atoms with Crippen molar-refractivity contribution in [2.75, 3.05) is 12.3 Å². The molecule has 3 atom stereocenters. The fourth-order valence-corrected chi connectivity index (χ4v) is 3.05. The number of likely N-dealkylation sites (tertiary alicyclic amines) is 1. The highest BCUT2D eigenvalue weighted by atomic mass is 16.2. The van der Waals surface area contributed by atoms with Crippen molar-refractivity contribution in [2.45, 2.75) is 40.2 Å². The van der Waals surface area contributed by atoms with E-state index >= 15 is 0 Å². The third-order valence-electron chi connectivity index (χ3n) is 4.33. The standard InChI is InChI=1S/C14H24N4O/c1-8-6-9(2)11(4)18(7-8)14(19)13-12(15)10(3)16-17(13)5/h8-9,11H,6-7,15H2,1-5H3. The minimum absolute atomic E-state index is 0.00602. The van der Waals surface area contributed by atoms with E-state index in [0.717, 1.165) is 12.2 Å². The predicted octanol–water partition coefficient (Wildman–Crippen LogP) is 1.82. The molecule has 1 amide bonds. The molecule has 0 aliphatic carbocycles. The second kappa shape index (κ2) is 4.87. The van der Waals surface area contributed by atoms with Crippen LogP contribution in [0.25, 0.3) is 0 Å². The molecule has 2 heterocycles. The van der Waals surface area contributed by atoms with Gasteiger partial charge in [0, 0.05) is 19.6 Å². The average molecular weight is 264 g/mol. The Kier molecular flexibility index (Phi) is 3.56. The molecule has 19 heavy (non-hydrogen) atoms. The van der Waals surface area contributed by atoms with Gasteiger partial charge in [-0.15, -0.1) is 0 Å². The first kappa shape index (κ1) is 13.9. The van der Waals surface area contributed by atoms with E-state index in [4.69, 9.17) is 5.73 Å². The van der Waals surface area contributed by atoms with Crippen LogP contribution in [0.2, 0.25) is 0 Å². The van der Waals surface area contributed by atoms with Gasteiger partial charge in [0.05, 0.1) is 11.4 Å². The molecule has 0 aromatic carbocycles. The van der Waals surface area contributed by atoms with Crippen molar-refractivity contribution < 1.29 is 4.79 Å². The van der Waals surface area contributed by atoms with Crippen LogP contribution < -0.4 is 5.73 Å². The van der Waals surface area contributed by atoms with Gasteiger partial charge in [-0.2, -0.15) is 5.10 Å². The Morgan fingerprint density at radius 3 is 2.53 bits per heavy atom. The molecule has 2 N–H and O–H groups in total. The van der Waals surface area contributed by atoms with E-state index in [0.29, 0.717) is 23.2 Å². The maximum Gasteiger partial charge on any atom is 0.274 e. The Morgan fingerprint density at radius 1 is 1.37 bits per heavy atom. The molecule has 5 heteroatoms. The zero-order valence-corrected chi connectivity index (χ0v) is 12.5. The van der Waals surface area contributed by atoms with Gasteiger partial charge in [0.2, 0.25) is 0 Å². The molecule has 5 nitrogen and oxygen atoms in total. The SMILES string of the molecule is Cc1nn(C)c(C(=O)N2CC(C)CC(C)C2C)c1N. The van der Waals surface area contributed by atoms with Crippen molar-refractivity contribution in [3.63, 3.8) is 0 Å². The molecule has 1 aromatic heterocycles. The van der Waals surface area contributed by atoms with E-state index < -0.39 is 0 Å². The number of hydrogen-bond acceptors (Lipinski definition) is 3. The third kappa shape index (κ3) is 2.33. The molecule has 1 aromatic rings. The van der Waals surface area contributed by atoms with Gasteiger partial charge in [-0.1, -0.05) is 13.8 Å². The van der Waals surface area contributed by atoms with Crippen LogP contribution in [-0.4, -0.2) is 33.2 Å². The summed E-state index contributed by atoms with van der Waals surface area (Å²) < 4.78 is 1.60. The van der Waals surface area contributed by atoms with Gasteiger partial charge in [-0.3, -0.25) is 9.48 Å². The van der Waals surface area contributed by atoms with Crippen LogP contribution in [-0.2, 0) is 7.05 Å². The largest absolute Gasteiger partial charge is 0.395 e. The number of hydrogen-bond donors (Lipinski definition) is 1. The molecular formula is C14H24N4O. The average Bonchev–Trinajstić information content (AvgIpc) is 2.57. The molecule has 1 fully saturated rings. The highest BCUT2D eigenvalue weighted by Crippen LogP contribution is 2.29. The summed E-state index contributed by atoms with van der Waals surface area (Å²) in [5.41, 5.74) is 7.74. The van der Waals surface area contributed by atoms with Crippen LogP contribution in [0.3, 0.4) is 0 Å². The first-order valence-electron chi connectivity index (χ1n) is 6.93. The normalized spacial score (nSPS) is 27.6. The van der Waals surface area contributed by atoms with Crippen molar-refractivity contribution in [3.8, 4) is 0 Å².